The number of amides is 2. The third-order valence-electron chi connectivity index (χ3n) is 8.50. The van der Waals surface area contributed by atoms with Gasteiger partial charge < -0.3 is 10.2 Å². The van der Waals surface area contributed by atoms with Crippen molar-refractivity contribution in [3.8, 4) is 0 Å². The van der Waals surface area contributed by atoms with Gasteiger partial charge in [0.1, 0.15) is 5.69 Å². The highest BCUT2D eigenvalue weighted by Crippen LogP contribution is 2.38. The molecule has 10 heteroatoms. The molecule has 47 heavy (non-hydrogen) atoms. The van der Waals surface area contributed by atoms with Crippen LogP contribution in [0.15, 0.2) is 46.5 Å². The van der Waals surface area contributed by atoms with Crippen LogP contribution in [0.1, 0.15) is 124 Å². The second-order valence-corrected chi connectivity index (χ2v) is 13.4. The van der Waals surface area contributed by atoms with Gasteiger partial charge in [-0.3, -0.25) is 9.59 Å². The molecule has 0 spiro atoms. The van der Waals surface area contributed by atoms with Gasteiger partial charge in [0.05, 0.1) is 15.7 Å². The predicted molar refractivity (Wildman–Crippen MR) is 201 cm³/mol. The van der Waals surface area contributed by atoms with Crippen molar-refractivity contribution in [2.45, 2.75) is 124 Å². The van der Waals surface area contributed by atoms with Gasteiger partial charge >= 0.3 is 5.91 Å². The van der Waals surface area contributed by atoms with E-state index in [1.807, 2.05) is 24.3 Å². The Kier molecular flexibility index (Phi) is 17.7. The first-order valence-electron chi connectivity index (χ1n) is 17.6. The molecule has 0 radical (unpaired) electrons. The molecule has 1 aliphatic rings. The SMILES string of the molecule is CCCCCCCCCCCCCCCCCC(=O)NC1=NN(c2c(Cl)cc(Cl)cc2Cl)C(=O)C1=Nc1ccc(N(CC)CC)cc1. The second-order valence-electron chi connectivity index (χ2n) is 12.2. The highest BCUT2D eigenvalue weighted by Gasteiger charge is 2.36. The molecular formula is C37H52Cl3N5O2. The van der Waals surface area contributed by atoms with E-state index in [2.05, 4.69) is 41.1 Å². The van der Waals surface area contributed by atoms with Crippen LogP contribution in [0.5, 0.6) is 0 Å². The topological polar surface area (TPSA) is 77.4 Å². The van der Waals surface area contributed by atoms with E-state index in [-0.39, 0.29) is 33.2 Å². The van der Waals surface area contributed by atoms with E-state index in [4.69, 9.17) is 34.8 Å². The maximum atomic E-state index is 13.6. The summed E-state index contributed by atoms with van der Waals surface area (Å²) in [4.78, 5) is 33.5. The molecular weight excluding hydrogens is 653 g/mol. The summed E-state index contributed by atoms with van der Waals surface area (Å²) in [6.07, 6.45) is 19.2. The Balaban J connectivity index is 1.53. The highest BCUT2D eigenvalue weighted by molar-refractivity contribution is 6.72. The number of unbranched alkanes of at least 4 members (excludes halogenated alkanes) is 14. The largest absolute Gasteiger partial charge is 0.372 e. The quantitative estimate of drug-likeness (QED) is 0.131. The molecule has 1 heterocycles. The first-order valence-corrected chi connectivity index (χ1v) is 18.7. The van der Waals surface area contributed by atoms with E-state index in [1.54, 1.807) is 0 Å². The molecule has 3 rings (SSSR count). The van der Waals surface area contributed by atoms with Crippen molar-refractivity contribution in [1.29, 1.82) is 0 Å². The first-order chi connectivity index (χ1) is 22.8. The Morgan fingerprint density at radius 1 is 0.766 bits per heavy atom. The van der Waals surface area contributed by atoms with Gasteiger partial charge in [0.15, 0.2) is 11.5 Å². The van der Waals surface area contributed by atoms with Gasteiger partial charge in [-0.25, -0.2) is 4.99 Å². The number of amidine groups is 1. The molecule has 2 aromatic rings. The van der Waals surface area contributed by atoms with E-state index < -0.39 is 5.91 Å². The minimum absolute atomic E-state index is 0.00696. The van der Waals surface area contributed by atoms with Crippen LogP contribution in [-0.2, 0) is 9.59 Å². The lowest BCUT2D eigenvalue weighted by molar-refractivity contribution is -0.119. The number of hydrazone groups is 1. The summed E-state index contributed by atoms with van der Waals surface area (Å²) in [5.41, 5.74) is 1.80. The van der Waals surface area contributed by atoms with E-state index in [0.29, 0.717) is 17.1 Å². The number of nitrogens with one attached hydrogen (secondary N) is 1. The molecule has 1 aliphatic heterocycles. The predicted octanol–water partition coefficient (Wildman–Crippen LogP) is 11.3. The van der Waals surface area contributed by atoms with Crippen LogP contribution >= 0.6 is 34.8 Å². The smallest absolute Gasteiger partial charge is 0.301 e. The molecule has 2 amide bonds. The summed E-state index contributed by atoms with van der Waals surface area (Å²) in [5, 5.41) is 8.97. The van der Waals surface area contributed by atoms with Crippen LogP contribution in [0.25, 0.3) is 0 Å². The maximum Gasteiger partial charge on any atom is 0.301 e. The molecule has 0 saturated carbocycles. The van der Waals surface area contributed by atoms with Crippen molar-refractivity contribution in [2.24, 2.45) is 10.1 Å². The van der Waals surface area contributed by atoms with Crippen molar-refractivity contribution in [1.82, 2.24) is 5.32 Å². The Labute approximate surface area is 297 Å². The van der Waals surface area contributed by atoms with Crippen LogP contribution < -0.4 is 15.2 Å². The number of hydrogen-bond acceptors (Lipinski definition) is 5. The van der Waals surface area contributed by atoms with Crippen LogP contribution in [0.3, 0.4) is 0 Å². The van der Waals surface area contributed by atoms with Crippen molar-refractivity contribution < 1.29 is 9.59 Å². The highest BCUT2D eigenvalue weighted by atomic mass is 35.5. The van der Waals surface area contributed by atoms with Crippen LogP contribution in [0, 0.1) is 0 Å². The lowest BCUT2D eigenvalue weighted by Crippen LogP contribution is -2.37. The van der Waals surface area contributed by atoms with Gasteiger partial charge in [-0.2, -0.15) is 5.01 Å². The number of carbonyl (C=O) groups is 2. The van der Waals surface area contributed by atoms with E-state index in [0.717, 1.165) is 43.0 Å². The number of hydrogen-bond donors (Lipinski definition) is 1. The van der Waals surface area contributed by atoms with Crippen molar-refractivity contribution in [2.75, 3.05) is 23.0 Å². The molecule has 0 unspecified atom stereocenters. The summed E-state index contributed by atoms with van der Waals surface area (Å²) >= 11 is 19.0. The zero-order chi connectivity index (χ0) is 34.0. The number of anilines is 2. The number of carbonyl (C=O) groups excluding carboxylic acids is 2. The Morgan fingerprint density at radius 3 is 1.74 bits per heavy atom. The van der Waals surface area contributed by atoms with Gasteiger partial charge in [0.2, 0.25) is 5.91 Å². The molecule has 0 aromatic heterocycles. The first kappa shape index (κ1) is 38.8. The molecule has 0 saturated heterocycles. The van der Waals surface area contributed by atoms with Crippen LogP contribution in [0.2, 0.25) is 15.1 Å². The van der Waals surface area contributed by atoms with Crippen LogP contribution in [0.4, 0.5) is 17.1 Å². The zero-order valence-corrected chi connectivity index (χ0v) is 30.7. The molecule has 0 fully saturated rings. The third-order valence-corrected chi connectivity index (χ3v) is 9.29. The van der Waals surface area contributed by atoms with Crippen molar-refractivity contribution >= 4 is 75.2 Å². The minimum atomic E-state index is -0.550. The summed E-state index contributed by atoms with van der Waals surface area (Å²) in [7, 11) is 0. The van der Waals surface area contributed by atoms with E-state index >= 15 is 0 Å². The molecule has 0 bridgehead atoms. The monoisotopic (exact) mass is 703 g/mol. The molecule has 0 aliphatic carbocycles. The van der Waals surface area contributed by atoms with Crippen molar-refractivity contribution in [3.63, 3.8) is 0 Å². The Hall–Kier alpha value is -2.61. The van der Waals surface area contributed by atoms with E-state index in [1.165, 1.54) is 89.2 Å². The normalized spacial score (nSPS) is 13.8. The molecule has 258 valence electrons. The van der Waals surface area contributed by atoms with Crippen molar-refractivity contribution in [3.05, 3.63) is 51.5 Å². The molecule has 0 atom stereocenters. The van der Waals surface area contributed by atoms with Gasteiger partial charge in [0.25, 0.3) is 0 Å². The van der Waals surface area contributed by atoms with Gasteiger partial charge in [-0.05, 0) is 56.7 Å². The number of rotatable bonds is 21. The summed E-state index contributed by atoms with van der Waals surface area (Å²) in [6.45, 7) is 8.22. The average Bonchev–Trinajstić information content (AvgIpc) is 3.33. The fraction of sp³-hybridized carbons (Fsp3) is 0.568. The number of nitrogens with zero attached hydrogens (tertiary/aromatic N) is 4. The molecule has 7 nitrogen and oxygen atoms in total. The van der Waals surface area contributed by atoms with E-state index in [9.17, 15) is 9.59 Å². The third kappa shape index (κ3) is 12.7. The Morgan fingerprint density at radius 2 is 1.26 bits per heavy atom. The minimum Gasteiger partial charge on any atom is -0.372 e. The summed E-state index contributed by atoms with van der Waals surface area (Å²) in [5.74, 6) is -0.701. The lowest BCUT2D eigenvalue weighted by atomic mass is 10.0. The maximum absolute atomic E-state index is 13.6. The number of halogens is 3. The van der Waals surface area contributed by atoms with Gasteiger partial charge in [0, 0.05) is 30.2 Å². The fourth-order valence-corrected chi connectivity index (χ4v) is 6.75. The number of benzene rings is 2. The average molecular weight is 705 g/mol. The Bertz CT molecular complexity index is 1320. The zero-order valence-electron chi connectivity index (χ0n) is 28.4. The van der Waals surface area contributed by atoms with Crippen LogP contribution in [-0.4, -0.2) is 36.5 Å². The van der Waals surface area contributed by atoms with Gasteiger partial charge in [-0.15, -0.1) is 5.10 Å². The summed E-state index contributed by atoms with van der Waals surface area (Å²) in [6, 6.07) is 10.6. The lowest BCUT2D eigenvalue weighted by Gasteiger charge is -2.20. The molecule has 2 aromatic carbocycles. The summed E-state index contributed by atoms with van der Waals surface area (Å²) < 4.78 is 0. The molecule has 1 N–H and O–H groups in total. The fourth-order valence-electron chi connectivity index (χ4n) is 5.78. The number of aliphatic imine (C=N–C) groups is 1. The second kappa shape index (κ2) is 21.4. The standard InChI is InChI=1S/C37H52Cl3N5O2/c1-4-7-8-9-10-11-12-13-14-15-16-17-18-19-20-21-33(46)42-36-34(41-29-22-24-30(25-23-29)44(5-2)6-3)37(47)45(43-36)35-31(39)26-28(38)27-32(35)40/h22-27H,4-21H2,1-3H3,(H,42,43,46). The van der Waals surface area contributed by atoms with Gasteiger partial charge in [-0.1, -0.05) is 132 Å².